The summed E-state index contributed by atoms with van der Waals surface area (Å²) in [4.78, 5) is 201. The number of nitrogens with zero attached hydrogens (tertiary/aromatic N) is 7. The Morgan fingerprint density at radius 3 is 1.13 bits per heavy atom. The lowest BCUT2D eigenvalue weighted by molar-refractivity contribution is 0.0525. The third-order valence-electron chi connectivity index (χ3n) is 18.0. The molecule has 16 heterocycles. The fraction of sp³-hybridized carbons (Fsp3) is 0.350. The number of hydrogen-bond donors (Lipinski definition) is 8. The van der Waals surface area contributed by atoms with E-state index in [9.17, 15) is 57.5 Å². The zero-order valence-electron chi connectivity index (χ0n) is 62.7. The first-order valence-electron chi connectivity index (χ1n) is 37.0. The summed E-state index contributed by atoms with van der Waals surface area (Å²) in [7, 11) is 0. The molecule has 590 valence electrons. The second-order valence-corrected chi connectivity index (χ2v) is 27.4. The van der Waals surface area contributed by atoms with Crippen molar-refractivity contribution >= 4 is 47.4 Å². The smallest absolute Gasteiger partial charge is 0.407 e. The van der Waals surface area contributed by atoms with E-state index in [1.807, 2.05) is 15.9 Å². The molecular weight excluding hydrogens is 1440 g/mol. The minimum absolute atomic E-state index is 0.0192. The van der Waals surface area contributed by atoms with Crippen LogP contribution in [0, 0.1) is 0 Å². The predicted molar refractivity (Wildman–Crippen MR) is 412 cm³/mol. The molecule has 8 amide bonds. The van der Waals surface area contributed by atoms with E-state index >= 15 is 0 Å². The van der Waals surface area contributed by atoms with Crippen molar-refractivity contribution < 1.29 is 62.4 Å². The first-order valence-corrected chi connectivity index (χ1v) is 37.0. The van der Waals surface area contributed by atoms with Gasteiger partial charge in [0.2, 0.25) is 0 Å². The van der Waals surface area contributed by atoms with Crippen LogP contribution in [0.5, 0.6) is 0 Å². The molecule has 4 aromatic heterocycles. The van der Waals surface area contributed by atoms with E-state index in [0.717, 1.165) is 24.5 Å². The minimum Gasteiger partial charge on any atom is -0.444 e. The molecule has 12 aliphatic rings. The van der Waals surface area contributed by atoms with Gasteiger partial charge in [0.25, 0.3) is 63.6 Å². The first kappa shape index (κ1) is 81.8. The third-order valence-corrected chi connectivity index (χ3v) is 18.0. The Hall–Kier alpha value is -12.7. The minimum atomic E-state index is -0.972. The molecule has 1 unspecified atom stereocenters. The number of amides is 8. The number of hydrogen-bond acceptors (Lipinski definition) is 20. The van der Waals surface area contributed by atoms with Crippen LogP contribution >= 0.6 is 0 Å². The van der Waals surface area contributed by atoms with Crippen LogP contribution in [0.1, 0.15) is 135 Å². The largest absolute Gasteiger partial charge is 0.444 e. The lowest BCUT2D eigenvalue weighted by atomic mass is 10.1. The van der Waals surface area contributed by atoms with E-state index in [4.69, 9.17) is 24.1 Å². The molecule has 8 aromatic rings. The number of unbranched alkanes of at least 4 members (excludes halogenated alkanes) is 1. The SMILES string of the molecule is CC(C)(C)OC(=O)NCCCCC(CN1CCNC(=O)c2ccc(n(OCc3ccccc3)c2=O)C(=O)NCCN2CCNC(=O)c3ccc(c(=O)n3OCc3ccccc3)C(=O)NCCN(CCNC(=O)c3ccc(n(OCc4ccccc4)c3=O)C(=O)NCC2)CC1)NC(=O)c1cccc(=O)n1OCc1ccccc1. The van der Waals surface area contributed by atoms with Gasteiger partial charge in [-0.15, -0.1) is 18.9 Å². The average Bonchev–Trinajstić information content (AvgIpc) is 0.803. The highest BCUT2D eigenvalue weighted by Gasteiger charge is 2.28. The van der Waals surface area contributed by atoms with Gasteiger partial charge in [0, 0.05) is 117 Å². The Balaban J connectivity index is 1.04. The first-order chi connectivity index (χ1) is 54.2. The molecule has 32 nitrogen and oxygen atoms in total. The lowest BCUT2D eigenvalue weighted by Crippen LogP contribution is -2.50. The van der Waals surface area contributed by atoms with Gasteiger partial charge in [-0.25, -0.2) is 4.79 Å². The monoisotopic (exact) mass is 1540 g/mol. The number of rotatable bonds is 21. The molecule has 0 aliphatic carbocycles. The molecular formula is C80H93N15O17. The van der Waals surface area contributed by atoms with E-state index in [1.54, 1.807) is 141 Å². The summed E-state index contributed by atoms with van der Waals surface area (Å²) >= 11 is 0. The maximum absolute atomic E-state index is 14.8. The van der Waals surface area contributed by atoms with Gasteiger partial charge in [0.15, 0.2) is 0 Å². The summed E-state index contributed by atoms with van der Waals surface area (Å²) in [6.45, 7) is 4.46. The Morgan fingerprint density at radius 1 is 0.393 bits per heavy atom. The summed E-state index contributed by atoms with van der Waals surface area (Å²) < 4.78 is 8.64. The van der Waals surface area contributed by atoms with Crippen LogP contribution in [-0.4, -0.2) is 197 Å². The van der Waals surface area contributed by atoms with Crippen molar-refractivity contribution in [1.82, 2.24) is 76.2 Å². The van der Waals surface area contributed by atoms with Crippen LogP contribution in [0.2, 0.25) is 0 Å². The van der Waals surface area contributed by atoms with Crippen molar-refractivity contribution in [2.24, 2.45) is 0 Å². The Kier molecular flexibility index (Phi) is 29.7. The van der Waals surface area contributed by atoms with Crippen molar-refractivity contribution in [2.75, 3.05) is 105 Å². The third kappa shape index (κ3) is 23.9. The molecule has 8 bridgehead atoms. The van der Waals surface area contributed by atoms with Gasteiger partial charge in [0.1, 0.15) is 71.5 Å². The number of pyridine rings is 4. The number of nitrogens with one attached hydrogen (secondary N) is 8. The molecule has 112 heavy (non-hydrogen) atoms. The normalized spacial score (nSPS) is 16.3. The number of carbonyl (C=O) groups excluding carboxylic acids is 8. The summed E-state index contributed by atoms with van der Waals surface area (Å²) in [6, 6.07) is 46.3. The maximum Gasteiger partial charge on any atom is 0.407 e. The summed E-state index contributed by atoms with van der Waals surface area (Å²) in [5.41, 5.74) is -3.72. The summed E-state index contributed by atoms with van der Waals surface area (Å²) in [5.74, 6) is -5.50. The van der Waals surface area contributed by atoms with Gasteiger partial charge in [-0.1, -0.05) is 127 Å². The van der Waals surface area contributed by atoms with Crippen molar-refractivity contribution in [3.8, 4) is 0 Å². The van der Waals surface area contributed by atoms with Crippen molar-refractivity contribution in [3.05, 3.63) is 279 Å². The van der Waals surface area contributed by atoms with Gasteiger partial charge < -0.3 is 66.6 Å². The lowest BCUT2D eigenvalue weighted by Gasteiger charge is -2.31. The van der Waals surface area contributed by atoms with Crippen LogP contribution < -0.4 is 84.1 Å². The van der Waals surface area contributed by atoms with Gasteiger partial charge in [0.05, 0.1) is 0 Å². The van der Waals surface area contributed by atoms with Crippen molar-refractivity contribution in [2.45, 2.75) is 78.1 Å². The number of alkyl carbamates (subject to hydrolysis) is 1. The van der Waals surface area contributed by atoms with Crippen molar-refractivity contribution in [3.63, 3.8) is 0 Å². The summed E-state index contributed by atoms with van der Waals surface area (Å²) in [5, 5.41) is 22.9. The fourth-order valence-corrected chi connectivity index (χ4v) is 12.2. The van der Waals surface area contributed by atoms with Crippen LogP contribution in [0.15, 0.2) is 195 Å². The van der Waals surface area contributed by atoms with E-state index in [1.165, 1.54) is 54.6 Å². The van der Waals surface area contributed by atoms with Gasteiger partial charge >= 0.3 is 6.09 Å². The Morgan fingerprint density at radius 2 is 0.750 bits per heavy atom. The number of carbonyl (C=O) groups is 8. The number of benzene rings is 4. The van der Waals surface area contributed by atoms with Crippen LogP contribution in [0.25, 0.3) is 0 Å². The molecule has 0 radical (unpaired) electrons. The zero-order chi connectivity index (χ0) is 79.4. The van der Waals surface area contributed by atoms with Gasteiger partial charge in [-0.2, -0.15) is 0 Å². The molecule has 0 saturated carbocycles. The Labute approximate surface area is 645 Å². The average molecular weight is 1540 g/mol. The topological polar surface area (TPSA) is 377 Å². The second kappa shape index (κ2) is 40.7. The Bertz CT molecular complexity index is 4680. The van der Waals surface area contributed by atoms with E-state index in [2.05, 4.69) is 42.5 Å². The van der Waals surface area contributed by atoms with E-state index in [-0.39, 0.29) is 177 Å². The van der Waals surface area contributed by atoms with Gasteiger partial charge in [-0.05, 0) is 105 Å². The van der Waals surface area contributed by atoms with E-state index < -0.39 is 81.3 Å². The molecule has 20 rings (SSSR count). The van der Waals surface area contributed by atoms with Crippen LogP contribution in [-0.2, 0) is 31.2 Å². The fourth-order valence-electron chi connectivity index (χ4n) is 12.2. The zero-order valence-corrected chi connectivity index (χ0v) is 62.7. The maximum atomic E-state index is 14.8. The summed E-state index contributed by atoms with van der Waals surface area (Å²) in [6.07, 6.45) is 0.467. The quantitative estimate of drug-likeness (QED) is 0.0477. The number of aromatic nitrogens is 4. The van der Waals surface area contributed by atoms with Crippen LogP contribution in [0.3, 0.4) is 0 Å². The molecule has 0 fully saturated rings. The molecule has 32 heteroatoms. The highest BCUT2D eigenvalue weighted by Crippen LogP contribution is 2.13. The molecule has 4 aromatic carbocycles. The highest BCUT2D eigenvalue weighted by molar-refractivity contribution is 5.98. The molecule has 12 aliphatic heterocycles. The predicted octanol–water partition coefficient (Wildman–Crippen LogP) is 2.05. The van der Waals surface area contributed by atoms with Crippen molar-refractivity contribution in [1.29, 1.82) is 0 Å². The molecule has 8 N–H and O–H groups in total. The standard InChI is InChI=1S/C80H93N15O17/c1-80(2,3)112-79(107)87-36-17-16-27-60(88-75(103)64-28-18-29-68(96)92(64)108-52-56-19-8-4-9-20-56)51-91-48-42-83-71(99)63-32-35-67(95(78(63)106)111-55-59-25-14-7-15-26-59)74(102)86-41-45-89-43-39-84-72(100)65-33-30-61(76(104)93(65)109-53-57-21-10-5-11-22-57)69(97)81-37-46-90(49-50-91)47-38-82-70(98)62-31-34-66(73(101)85-40-44-89)94(77(62)105)110-54-58-23-12-6-13-24-58/h4-15,18-26,28-35,60H,16-17,27,36-55H2,1-3H3,(H,81,97)(H,82,98)(H,83,99)(H,84,100)(H,85,101)(H,86,102)(H,87,107)(H,88,103). The number of ether oxygens (including phenoxy) is 1. The van der Waals surface area contributed by atoms with Crippen LogP contribution in [0.4, 0.5) is 4.79 Å². The highest BCUT2D eigenvalue weighted by atomic mass is 16.7. The molecule has 0 spiro atoms. The molecule has 0 saturated heterocycles. The molecule has 1 atom stereocenters. The second-order valence-electron chi connectivity index (χ2n) is 27.4. The van der Waals surface area contributed by atoms with E-state index in [0.29, 0.717) is 29.5 Å². The van der Waals surface area contributed by atoms with Gasteiger partial charge in [-0.3, -0.25) is 67.4 Å².